The summed E-state index contributed by atoms with van der Waals surface area (Å²) in [6, 6.07) is 0. The number of hydrogen-bond acceptors (Lipinski definition) is 8. The quantitative estimate of drug-likeness (QED) is 0.627. The van der Waals surface area contributed by atoms with E-state index in [1.807, 2.05) is 0 Å². The van der Waals surface area contributed by atoms with Gasteiger partial charge in [0.1, 0.15) is 0 Å². The van der Waals surface area contributed by atoms with E-state index in [0.29, 0.717) is 0 Å². The number of ether oxygens (including phenoxy) is 1. The van der Waals surface area contributed by atoms with Crippen LogP contribution in [0, 0.1) is 0 Å². The smallest absolute Gasteiger partial charge is 0.358 e. The van der Waals surface area contributed by atoms with Gasteiger partial charge in [-0.25, -0.2) is 35.6 Å². The highest BCUT2D eigenvalue weighted by molar-refractivity contribution is 7.92. The molecule has 0 fully saturated rings. The minimum Gasteiger partial charge on any atom is -0.464 e. The molecule has 1 N–H and O–H groups in total. The van der Waals surface area contributed by atoms with E-state index >= 15 is 0 Å². The predicted molar refractivity (Wildman–Crippen MR) is 76.1 cm³/mol. The average Bonchev–Trinajstić information content (AvgIpc) is 2.87. The van der Waals surface area contributed by atoms with Gasteiger partial charge in [-0.2, -0.15) is 0 Å². The molecule has 0 saturated heterocycles. The number of rotatable bonds is 7. The number of methoxy groups -OCH3 is 1. The molecule has 0 aromatic carbocycles. The molecule has 0 bridgehead atoms. The Hall–Kier alpha value is -1.08. The molecule has 21 heavy (non-hydrogen) atoms. The molecule has 0 aliphatic rings. The summed E-state index contributed by atoms with van der Waals surface area (Å²) in [6.45, 7) is -0.318. The van der Waals surface area contributed by atoms with Gasteiger partial charge < -0.3 is 4.74 Å². The van der Waals surface area contributed by atoms with Gasteiger partial charge >= 0.3 is 5.97 Å². The normalized spacial score (nSPS) is 12.6. The monoisotopic (exact) mass is 357 g/mol. The lowest BCUT2D eigenvalue weighted by Crippen LogP contribution is -2.34. The van der Waals surface area contributed by atoms with Crippen molar-refractivity contribution in [3.8, 4) is 0 Å². The second kappa shape index (κ2) is 6.79. The minimum atomic E-state index is -4.03. The standard InChI is InChI=1S/C9H15N3O6S3/c1-12(2)20(14,15)5-4-11-21(16,17)9-7(8(13)18-3)10-6-19-9/h6,11H,4-5H2,1-3H3. The van der Waals surface area contributed by atoms with Crippen LogP contribution in [0.3, 0.4) is 0 Å². The lowest BCUT2D eigenvalue weighted by atomic mass is 10.5. The molecule has 0 radical (unpaired) electrons. The number of carbonyl (C=O) groups excluding carboxylic acids is 1. The van der Waals surface area contributed by atoms with Gasteiger partial charge in [-0.05, 0) is 0 Å². The van der Waals surface area contributed by atoms with Crippen molar-refractivity contribution >= 4 is 37.4 Å². The number of nitrogens with one attached hydrogen (secondary N) is 1. The molecule has 0 amide bonds. The van der Waals surface area contributed by atoms with Crippen molar-refractivity contribution in [2.24, 2.45) is 0 Å². The molecule has 12 heteroatoms. The maximum Gasteiger partial charge on any atom is 0.358 e. The van der Waals surface area contributed by atoms with Crippen molar-refractivity contribution in [2.45, 2.75) is 4.21 Å². The Labute approximate surface area is 127 Å². The number of hydrogen-bond donors (Lipinski definition) is 1. The molecule has 0 spiro atoms. The van der Waals surface area contributed by atoms with E-state index in [1.165, 1.54) is 19.6 Å². The molecule has 1 aromatic heterocycles. The lowest BCUT2D eigenvalue weighted by molar-refractivity contribution is 0.0590. The largest absolute Gasteiger partial charge is 0.464 e. The molecule has 0 saturated carbocycles. The van der Waals surface area contributed by atoms with Gasteiger partial charge in [-0.1, -0.05) is 0 Å². The molecule has 9 nitrogen and oxygen atoms in total. The molecule has 0 aliphatic heterocycles. The van der Waals surface area contributed by atoms with Crippen LogP contribution in [0.25, 0.3) is 0 Å². The number of thiazole rings is 1. The molecule has 120 valence electrons. The Morgan fingerprint density at radius 1 is 1.38 bits per heavy atom. The van der Waals surface area contributed by atoms with E-state index in [0.717, 1.165) is 22.8 Å². The third-order valence-electron chi connectivity index (χ3n) is 2.37. The summed E-state index contributed by atoms with van der Waals surface area (Å²) in [5, 5.41) is 0. The van der Waals surface area contributed by atoms with Gasteiger partial charge in [0, 0.05) is 20.6 Å². The lowest BCUT2D eigenvalue weighted by Gasteiger charge is -2.11. The zero-order valence-electron chi connectivity index (χ0n) is 11.6. The first kappa shape index (κ1) is 18.0. The SMILES string of the molecule is COC(=O)c1ncsc1S(=O)(=O)NCCS(=O)(=O)N(C)C. The first-order valence-corrected chi connectivity index (χ1v) is 9.50. The summed E-state index contributed by atoms with van der Waals surface area (Å²) < 4.78 is 54.4. The zero-order valence-corrected chi connectivity index (χ0v) is 14.0. The number of carbonyl (C=O) groups is 1. The van der Waals surface area contributed by atoms with Gasteiger partial charge in [-0.15, -0.1) is 11.3 Å². The maximum atomic E-state index is 12.0. The predicted octanol–water partition coefficient (Wildman–Crippen LogP) is -0.901. The second-order valence-electron chi connectivity index (χ2n) is 3.98. The summed E-state index contributed by atoms with van der Waals surface area (Å²) in [4.78, 5) is 15.0. The van der Waals surface area contributed by atoms with Crippen LogP contribution in [0.5, 0.6) is 0 Å². The van der Waals surface area contributed by atoms with Gasteiger partial charge in [-0.3, -0.25) is 0 Å². The molecule has 0 atom stereocenters. The molecular formula is C9H15N3O6S3. The van der Waals surface area contributed by atoms with Crippen LogP contribution in [0.15, 0.2) is 9.72 Å². The van der Waals surface area contributed by atoms with E-state index in [-0.39, 0.29) is 16.4 Å². The molecular weight excluding hydrogens is 342 g/mol. The van der Waals surface area contributed by atoms with E-state index < -0.39 is 31.8 Å². The van der Waals surface area contributed by atoms with Gasteiger partial charge in [0.15, 0.2) is 9.90 Å². The summed E-state index contributed by atoms with van der Waals surface area (Å²) >= 11 is 0.742. The summed E-state index contributed by atoms with van der Waals surface area (Å²) in [6.07, 6.45) is 0. The highest BCUT2D eigenvalue weighted by Crippen LogP contribution is 2.20. The van der Waals surface area contributed by atoms with Crippen molar-refractivity contribution < 1.29 is 26.4 Å². The Morgan fingerprint density at radius 3 is 2.52 bits per heavy atom. The highest BCUT2D eigenvalue weighted by atomic mass is 32.2. The van der Waals surface area contributed by atoms with Gasteiger partial charge in [0.05, 0.1) is 18.4 Å². The Kier molecular flexibility index (Phi) is 5.81. The van der Waals surface area contributed by atoms with E-state index in [1.54, 1.807) is 0 Å². The second-order valence-corrected chi connectivity index (χ2v) is 9.10. The van der Waals surface area contributed by atoms with Gasteiger partial charge in [0.25, 0.3) is 10.0 Å². The molecule has 0 unspecified atom stereocenters. The Morgan fingerprint density at radius 2 is 2.00 bits per heavy atom. The third kappa shape index (κ3) is 4.44. The van der Waals surface area contributed by atoms with Gasteiger partial charge in [0.2, 0.25) is 10.0 Å². The Balaban J connectivity index is 2.85. The first-order chi connectivity index (χ1) is 9.62. The average molecular weight is 357 g/mol. The minimum absolute atomic E-state index is 0.309. The van der Waals surface area contributed by atoms with Crippen LogP contribution in [0.1, 0.15) is 10.5 Å². The fourth-order valence-corrected chi connectivity index (χ4v) is 4.27. The van der Waals surface area contributed by atoms with Crippen molar-refractivity contribution in [3.63, 3.8) is 0 Å². The van der Waals surface area contributed by atoms with Crippen LogP contribution < -0.4 is 4.72 Å². The number of sulfonamides is 2. The number of esters is 1. The molecule has 1 heterocycles. The number of nitrogens with zero attached hydrogens (tertiary/aromatic N) is 2. The topological polar surface area (TPSA) is 123 Å². The van der Waals surface area contributed by atoms with Crippen LogP contribution in [-0.4, -0.2) is 65.6 Å². The van der Waals surface area contributed by atoms with Crippen LogP contribution in [0.4, 0.5) is 0 Å². The van der Waals surface area contributed by atoms with Crippen molar-refractivity contribution in [1.29, 1.82) is 0 Å². The van der Waals surface area contributed by atoms with E-state index in [4.69, 9.17) is 0 Å². The molecule has 0 aliphatic carbocycles. The zero-order chi connectivity index (χ0) is 16.3. The summed E-state index contributed by atoms with van der Waals surface area (Å²) in [5.41, 5.74) is 0.864. The molecule has 1 aromatic rings. The molecule has 1 rings (SSSR count). The van der Waals surface area contributed by atoms with Crippen molar-refractivity contribution in [1.82, 2.24) is 14.0 Å². The fraction of sp³-hybridized carbons (Fsp3) is 0.556. The fourth-order valence-electron chi connectivity index (χ4n) is 1.21. The highest BCUT2D eigenvalue weighted by Gasteiger charge is 2.26. The maximum absolute atomic E-state index is 12.0. The van der Waals surface area contributed by atoms with E-state index in [2.05, 4.69) is 14.4 Å². The van der Waals surface area contributed by atoms with E-state index in [9.17, 15) is 21.6 Å². The summed E-state index contributed by atoms with van der Waals surface area (Å²) in [5.74, 6) is -1.27. The van der Waals surface area contributed by atoms with Crippen LogP contribution in [0.2, 0.25) is 0 Å². The van der Waals surface area contributed by atoms with Crippen molar-refractivity contribution in [3.05, 3.63) is 11.2 Å². The van der Waals surface area contributed by atoms with Crippen LogP contribution >= 0.6 is 11.3 Å². The van der Waals surface area contributed by atoms with Crippen molar-refractivity contribution in [2.75, 3.05) is 33.5 Å². The number of aromatic nitrogens is 1. The Bertz CT molecular complexity index is 707. The van der Waals surface area contributed by atoms with Crippen LogP contribution in [-0.2, 0) is 24.8 Å². The first-order valence-electron chi connectivity index (χ1n) is 5.53. The summed E-state index contributed by atoms with van der Waals surface area (Å²) in [7, 11) is -3.74. The third-order valence-corrected chi connectivity index (χ3v) is 7.03.